The van der Waals surface area contributed by atoms with Crippen LogP contribution in [0.4, 0.5) is 0 Å². The SMILES string of the molecule is C[C@@H](C(=O)O)c1ccc(CC2=CC(=O)c3c(cccc3S(N)(=O)=O)C2=O)cc1. The number of carboxylic acid groups (broad SMARTS) is 1. The molecule has 1 aliphatic carbocycles. The minimum Gasteiger partial charge on any atom is -0.481 e. The molecular weight excluding hydrogens is 382 g/mol. The average molecular weight is 399 g/mol. The molecule has 0 unspecified atom stereocenters. The summed E-state index contributed by atoms with van der Waals surface area (Å²) in [6.07, 6.45) is 1.29. The summed E-state index contributed by atoms with van der Waals surface area (Å²) in [6, 6.07) is 10.7. The Morgan fingerprint density at radius 1 is 1.11 bits per heavy atom. The van der Waals surface area contributed by atoms with Crippen LogP contribution in [-0.4, -0.2) is 31.1 Å². The summed E-state index contributed by atoms with van der Waals surface area (Å²) in [7, 11) is -4.15. The zero-order valence-corrected chi connectivity index (χ0v) is 15.7. The van der Waals surface area contributed by atoms with Gasteiger partial charge in [-0.25, -0.2) is 13.6 Å². The van der Waals surface area contributed by atoms with Gasteiger partial charge in [0.05, 0.1) is 16.4 Å². The zero-order chi connectivity index (χ0) is 20.6. The van der Waals surface area contributed by atoms with Gasteiger partial charge in [-0.2, -0.15) is 0 Å². The number of sulfonamides is 1. The number of fused-ring (bicyclic) bond motifs is 1. The maximum atomic E-state index is 12.8. The molecule has 0 heterocycles. The van der Waals surface area contributed by atoms with Crippen LogP contribution >= 0.6 is 0 Å². The van der Waals surface area contributed by atoms with E-state index in [1.54, 1.807) is 31.2 Å². The van der Waals surface area contributed by atoms with Gasteiger partial charge in [0, 0.05) is 17.6 Å². The van der Waals surface area contributed by atoms with Crippen molar-refractivity contribution in [3.05, 3.63) is 76.4 Å². The molecule has 2 aromatic rings. The van der Waals surface area contributed by atoms with E-state index in [0.29, 0.717) is 5.56 Å². The van der Waals surface area contributed by atoms with Crippen molar-refractivity contribution in [2.45, 2.75) is 24.2 Å². The number of primary sulfonamides is 1. The van der Waals surface area contributed by atoms with Gasteiger partial charge < -0.3 is 5.11 Å². The van der Waals surface area contributed by atoms with Crippen LogP contribution in [0.5, 0.6) is 0 Å². The van der Waals surface area contributed by atoms with Crippen LogP contribution in [0, 0.1) is 0 Å². The number of Topliss-reactive ketones (excluding diaryl/α,β-unsaturated/α-hetero) is 1. The van der Waals surface area contributed by atoms with E-state index in [4.69, 9.17) is 10.2 Å². The first-order valence-electron chi connectivity index (χ1n) is 8.36. The molecule has 8 heteroatoms. The highest BCUT2D eigenvalue weighted by Crippen LogP contribution is 2.28. The predicted molar refractivity (Wildman–Crippen MR) is 101 cm³/mol. The normalized spacial score (nSPS) is 15.0. The lowest BCUT2D eigenvalue weighted by molar-refractivity contribution is -0.138. The molecule has 0 aliphatic heterocycles. The molecule has 0 fully saturated rings. The molecule has 0 saturated carbocycles. The minimum atomic E-state index is -4.15. The third-order valence-corrected chi connectivity index (χ3v) is 5.62. The van der Waals surface area contributed by atoms with Crippen LogP contribution < -0.4 is 5.14 Å². The number of allylic oxidation sites excluding steroid dienone is 2. The number of hydrogen-bond donors (Lipinski definition) is 2. The van der Waals surface area contributed by atoms with Crippen LogP contribution in [0.25, 0.3) is 0 Å². The Morgan fingerprint density at radius 3 is 2.32 bits per heavy atom. The number of carbonyl (C=O) groups excluding carboxylic acids is 2. The highest BCUT2D eigenvalue weighted by Gasteiger charge is 2.30. The second-order valence-electron chi connectivity index (χ2n) is 6.56. The average Bonchev–Trinajstić information content (AvgIpc) is 2.64. The Hall–Kier alpha value is -3.10. The Kier molecular flexibility index (Phi) is 5.01. The van der Waals surface area contributed by atoms with Gasteiger partial charge in [-0.1, -0.05) is 36.4 Å². The Bertz CT molecular complexity index is 1130. The highest BCUT2D eigenvalue weighted by molar-refractivity contribution is 7.89. The van der Waals surface area contributed by atoms with E-state index in [1.807, 2.05) is 0 Å². The lowest BCUT2D eigenvalue weighted by Crippen LogP contribution is -2.23. The summed E-state index contributed by atoms with van der Waals surface area (Å²) in [5, 5.41) is 14.2. The lowest BCUT2D eigenvalue weighted by atomic mass is 9.86. The molecule has 144 valence electrons. The molecule has 1 atom stereocenters. The van der Waals surface area contributed by atoms with E-state index in [0.717, 1.165) is 11.6 Å². The summed E-state index contributed by atoms with van der Waals surface area (Å²) in [5.41, 5.74) is 1.37. The number of hydrogen-bond acceptors (Lipinski definition) is 5. The van der Waals surface area contributed by atoms with Crippen molar-refractivity contribution < 1.29 is 27.9 Å². The molecule has 0 amide bonds. The summed E-state index contributed by atoms with van der Waals surface area (Å²) >= 11 is 0. The van der Waals surface area contributed by atoms with Gasteiger partial charge in [-0.15, -0.1) is 0 Å². The van der Waals surface area contributed by atoms with Crippen molar-refractivity contribution in [1.29, 1.82) is 0 Å². The third-order valence-electron chi connectivity index (χ3n) is 4.67. The van der Waals surface area contributed by atoms with Crippen molar-refractivity contribution in [1.82, 2.24) is 0 Å². The standard InChI is InChI=1S/C20H17NO6S/c1-11(20(24)25)13-7-5-12(6-8-13)9-14-10-16(22)18-15(19(14)23)3-2-4-17(18)28(21,26)27/h2-8,10-11H,9H2,1H3,(H,24,25)(H2,21,26,27)/t11-/m1/s1. The smallest absolute Gasteiger partial charge is 0.310 e. The highest BCUT2D eigenvalue weighted by atomic mass is 32.2. The van der Waals surface area contributed by atoms with Crippen LogP contribution in [0.3, 0.4) is 0 Å². The van der Waals surface area contributed by atoms with Crippen LogP contribution in [0.15, 0.2) is 59.0 Å². The van der Waals surface area contributed by atoms with Gasteiger partial charge in [-0.05, 0) is 30.2 Å². The van der Waals surface area contributed by atoms with Crippen molar-refractivity contribution in [3.63, 3.8) is 0 Å². The fourth-order valence-electron chi connectivity index (χ4n) is 3.10. The topological polar surface area (TPSA) is 132 Å². The first kappa shape index (κ1) is 19.7. The van der Waals surface area contributed by atoms with Gasteiger partial charge in [0.25, 0.3) is 0 Å². The molecule has 0 spiro atoms. The van der Waals surface area contributed by atoms with E-state index in [9.17, 15) is 22.8 Å². The molecule has 2 aromatic carbocycles. The number of nitrogens with two attached hydrogens (primary N) is 1. The predicted octanol–water partition coefficient (Wildman–Crippen LogP) is 2.07. The van der Waals surface area contributed by atoms with Gasteiger partial charge in [0.15, 0.2) is 11.6 Å². The maximum Gasteiger partial charge on any atom is 0.310 e. The first-order valence-corrected chi connectivity index (χ1v) is 9.91. The van der Waals surface area contributed by atoms with E-state index in [1.165, 1.54) is 18.2 Å². The number of ketones is 2. The van der Waals surface area contributed by atoms with Crippen molar-refractivity contribution >= 4 is 27.6 Å². The molecular formula is C20H17NO6S. The zero-order valence-electron chi connectivity index (χ0n) is 14.9. The minimum absolute atomic E-state index is 0.00476. The van der Waals surface area contributed by atoms with E-state index in [-0.39, 0.29) is 28.0 Å². The molecule has 28 heavy (non-hydrogen) atoms. The van der Waals surface area contributed by atoms with Crippen molar-refractivity contribution in [2.75, 3.05) is 0 Å². The molecule has 0 bridgehead atoms. The molecule has 1 aliphatic rings. The van der Waals surface area contributed by atoms with E-state index in [2.05, 4.69) is 0 Å². The van der Waals surface area contributed by atoms with Gasteiger partial charge in [0.1, 0.15) is 0 Å². The van der Waals surface area contributed by atoms with Gasteiger partial charge in [-0.3, -0.25) is 14.4 Å². The summed E-state index contributed by atoms with van der Waals surface area (Å²) in [4.78, 5) is 36.0. The first-order chi connectivity index (χ1) is 13.1. The largest absolute Gasteiger partial charge is 0.481 e. The quantitative estimate of drug-likeness (QED) is 0.791. The van der Waals surface area contributed by atoms with E-state index < -0.39 is 33.5 Å². The number of aliphatic carboxylic acids is 1. The number of rotatable bonds is 5. The second-order valence-corrected chi connectivity index (χ2v) is 8.09. The summed E-state index contributed by atoms with van der Waals surface area (Å²) < 4.78 is 23.4. The maximum absolute atomic E-state index is 12.8. The fourth-order valence-corrected chi connectivity index (χ4v) is 3.86. The van der Waals surface area contributed by atoms with Crippen molar-refractivity contribution in [3.8, 4) is 0 Å². The Labute approximate surface area is 161 Å². The number of benzene rings is 2. The van der Waals surface area contributed by atoms with Crippen LogP contribution in [0.1, 0.15) is 44.7 Å². The Morgan fingerprint density at radius 2 is 1.75 bits per heavy atom. The monoisotopic (exact) mass is 399 g/mol. The van der Waals surface area contributed by atoms with Gasteiger partial charge >= 0.3 is 5.97 Å². The van der Waals surface area contributed by atoms with E-state index >= 15 is 0 Å². The summed E-state index contributed by atoms with van der Waals surface area (Å²) in [5.74, 6) is -2.63. The fraction of sp³-hybridized carbons (Fsp3) is 0.150. The molecule has 0 radical (unpaired) electrons. The number of carboxylic acids is 1. The van der Waals surface area contributed by atoms with Gasteiger partial charge in [0.2, 0.25) is 10.0 Å². The summed E-state index contributed by atoms with van der Waals surface area (Å²) in [6.45, 7) is 1.57. The molecule has 3 rings (SSSR count). The second kappa shape index (κ2) is 7.14. The molecule has 0 aromatic heterocycles. The van der Waals surface area contributed by atoms with Crippen molar-refractivity contribution in [2.24, 2.45) is 5.14 Å². The molecule has 0 saturated heterocycles. The van der Waals surface area contributed by atoms with Crippen LogP contribution in [0.2, 0.25) is 0 Å². The molecule has 7 nitrogen and oxygen atoms in total. The Balaban J connectivity index is 1.93. The lowest BCUT2D eigenvalue weighted by Gasteiger charge is -2.17. The van der Waals surface area contributed by atoms with Crippen LogP contribution in [-0.2, 0) is 21.2 Å². The number of carbonyl (C=O) groups is 3. The molecule has 3 N–H and O–H groups in total. The third kappa shape index (κ3) is 3.64.